The molecule has 6 nitrogen and oxygen atoms in total. The zero-order chi connectivity index (χ0) is 17.3. The highest BCUT2D eigenvalue weighted by Crippen LogP contribution is 2.27. The first kappa shape index (κ1) is 17.1. The number of piperidine rings is 1. The molecule has 1 aliphatic heterocycles. The molecule has 0 saturated carbocycles. The summed E-state index contributed by atoms with van der Waals surface area (Å²) in [6.07, 6.45) is 2.99. The summed E-state index contributed by atoms with van der Waals surface area (Å²) in [5.74, 6) is 0.497. The summed E-state index contributed by atoms with van der Waals surface area (Å²) in [5.41, 5.74) is 0.403. The van der Waals surface area contributed by atoms with Crippen molar-refractivity contribution in [3.05, 3.63) is 28.3 Å². The summed E-state index contributed by atoms with van der Waals surface area (Å²) in [6, 6.07) is 1.73. The first-order chi connectivity index (χ1) is 11.4. The molecular weight excluding hydrogens is 326 g/mol. The summed E-state index contributed by atoms with van der Waals surface area (Å²) >= 11 is 1.55. The van der Waals surface area contributed by atoms with E-state index in [1.54, 1.807) is 22.3 Å². The van der Waals surface area contributed by atoms with Gasteiger partial charge in [0.05, 0.1) is 22.7 Å². The number of hydrogen-bond acceptors (Lipinski definition) is 6. The van der Waals surface area contributed by atoms with Crippen molar-refractivity contribution in [1.82, 2.24) is 14.8 Å². The number of β-amino-alcohol motifs (C(OH)–C–C–N with tert-alkyl or cyclic N) is 1. The van der Waals surface area contributed by atoms with E-state index in [-0.39, 0.29) is 5.91 Å². The van der Waals surface area contributed by atoms with E-state index in [4.69, 9.17) is 4.42 Å². The Bertz CT molecular complexity index is 724. The lowest BCUT2D eigenvalue weighted by atomic mass is 9.92. The molecule has 1 atom stereocenters. The third-order valence-electron chi connectivity index (χ3n) is 4.17. The van der Waals surface area contributed by atoms with Crippen LogP contribution in [0.15, 0.2) is 22.1 Å². The number of aryl methyl sites for hydroxylation is 1. The van der Waals surface area contributed by atoms with E-state index in [1.165, 1.54) is 6.26 Å². The van der Waals surface area contributed by atoms with Gasteiger partial charge in [0, 0.05) is 18.5 Å². The van der Waals surface area contributed by atoms with Crippen LogP contribution in [0.3, 0.4) is 0 Å². The highest BCUT2D eigenvalue weighted by molar-refractivity contribution is 7.09. The Morgan fingerprint density at radius 3 is 3.00 bits per heavy atom. The minimum absolute atomic E-state index is 0.103. The zero-order valence-electron chi connectivity index (χ0n) is 14.3. The molecule has 1 saturated heterocycles. The van der Waals surface area contributed by atoms with E-state index in [9.17, 15) is 9.90 Å². The van der Waals surface area contributed by atoms with Gasteiger partial charge in [-0.2, -0.15) is 0 Å². The average molecular weight is 349 g/mol. The van der Waals surface area contributed by atoms with Crippen molar-refractivity contribution in [2.24, 2.45) is 0 Å². The highest BCUT2D eigenvalue weighted by Gasteiger charge is 2.36. The van der Waals surface area contributed by atoms with Crippen molar-refractivity contribution < 1.29 is 14.3 Å². The van der Waals surface area contributed by atoms with Crippen molar-refractivity contribution in [2.45, 2.75) is 25.4 Å². The van der Waals surface area contributed by atoms with E-state index < -0.39 is 5.60 Å². The number of likely N-dealkylation sites (tertiary alicyclic amines) is 1. The molecule has 1 N–H and O–H groups in total. The number of nitrogens with zero attached hydrogens (tertiary/aromatic N) is 3. The SMILES string of the molecule is Cc1nc(-c2cc(C(=O)N3CCCC(O)(CN(C)C)C3)co2)cs1. The molecule has 24 heavy (non-hydrogen) atoms. The Hall–Kier alpha value is -1.70. The number of thiazole rings is 1. The van der Waals surface area contributed by atoms with Crippen LogP contribution < -0.4 is 0 Å². The molecule has 3 heterocycles. The van der Waals surface area contributed by atoms with Crippen LogP contribution in [-0.4, -0.2) is 65.1 Å². The summed E-state index contributed by atoms with van der Waals surface area (Å²) in [5, 5.41) is 13.6. The fourth-order valence-electron chi connectivity index (χ4n) is 3.25. The lowest BCUT2D eigenvalue weighted by Gasteiger charge is -2.40. The second-order valence-corrected chi connectivity index (χ2v) is 7.81. The van der Waals surface area contributed by atoms with Gasteiger partial charge in [-0.3, -0.25) is 4.79 Å². The van der Waals surface area contributed by atoms with Gasteiger partial charge in [0.25, 0.3) is 5.91 Å². The summed E-state index contributed by atoms with van der Waals surface area (Å²) in [6.45, 7) is 3.49. The minimum atomic E-state index is -0.851. The molecule has 0 radical (unpaired) electrons. The van der Waals surface area contributed by atoms with Crippen molar-refractivity contribution >= 4 is 17.2 Å². The van der Waals surface area contributed by atoms with Crippen LogP contribution in [0.5, 0.6) is 0 Å². The molecule has 1 fully saturated rings. The van der Waals surface area contributed by atoms with Gasteiger partial charge in [0.15, 0.2) is 5.76 Å². The van der Waals surface area contributed by atoms with Crippen molar-refractivity contribution in [1.29, 1.82) is 0 Å². The Labute approximate surface area is 145 Å². The molecule has 1 amide bonds. The molecular formula is C17H23N3O3S. The molecule has 2 aromatic rings. The van der Waals surface area contributed by atoms with E-state index >= 15 is 0 Å². The maximum Gasteiger partial charge on any atom is 0.257 e. The molecule has 1 aliphatic rings. The zero-order valence-corrected chi connectivity index (χ0v) is 15.1. The third-order valence-corrected chi connectivity index (χ3v) is 4.94. The lowest BCUT2D eigenvalue weighted by Crippen LogP contribution is -2.54. The molecule has 3 rings (SSSR count). The van der Waals surface area contributed by atoms with Crippen LogP contribution in [-0.2, 0) is 0 Å². The normalized spacial score (nSPS) is 21.5. The third kappa shape index (κ3) is 3.68. The first-order valence-electron chi connectivity index (χ1n) is 8.04. The van der Waals surface area contributed by atoms with Gasteiger partial charge in [0.1, 0.15) is 12.0 Å². The molecule has 1 unspecified atom stereocenters. The Morgan fingerprint density at radius 2 is 2.33 bits per heavy atom. The van der Waals surface area contributed by atoms with Crippen LogP contribution >= 0.6 is 11.3 Å². The van der Waals surface area contributed by atoms with Gasteiger partial charge >= 0.3 is 0 Å². The van der Waals surface area contributed by atoms with Crippen molar-refractivity contribution in [3.63, 3.8) is 0 Å². The average Bonchev–Trinajstić information content (AvgIpc) is 3.13. The molecule has 0 aliphatic carbocycles. The van der Waals surface area contributed by atoms with E-state index in [0.29, 0.717) is 37.4 Å². The smallest absolute Gasteiger partial charge is 0.257 e. The monoisotopic (exact) mass is 349 g/mol. The Morgan fingerprint density at radius 1 is 1.54 bits per heavy atom. The summed E-state index contributed by atoms with van der Waals surface area (Å²) < 4.78 is 5.52. The van der Waals surface area contributed by atoms with E-state index in [1.807, 2.05) is 31.3 Å². The number of rotatable bonds is 4. The molecule has 130 valence electrons. The van der Waals surface area contributed by atoms with E-state index in [2.05, 4.69) is 4.98 Å². The second kappa shape index (κ2) is 6.66. The van der Waals surface area contributed by atoms with Gasteiger partial charge in [-0.1, -0.05) is 0 Å². The minimum Gasteiger partial charge on any atom is -0.462 e. The maximum atomic E-state index is 12.7. The van der Waals surface area contributed by atoms with Gasteiger partial charge in [0.2, 0.25) is 0 Å². The standard InChI is InChI=1S/C17H23N3O3S/c1-12-18-14(9-24-12)15-7-13(8-23-15)16(21)20-6-4-5-17(22,11-20)10-19(2)3/h7-9,22H,4-6,10-11H2,1-3H3. The number of amides is 1. The van der Waals surface area contributed by atoms with Crippen LogP contribution in [0.1, 0.15) is 28.2 Å². The summed E-state index contributed by atoms with van der Waals surface area (Å²) in [7, 11) is 3.86. The van der Waals surface area contributed by atoms with Gasteiger partial charge < -0.3 is 19.3 Å². The number of carbonyl (C=O) groups is 1. The van der Waals surface area contributed by atoms with Crippen LogP contribution in [0.4, 0.5) is 0 Å². The van der Waals surface area contributed by atoms with Crippen LogP contribution in [0.2, 0.25) is 0 Å². The fourth-order valence-corrected chi connectivity index (χ4v) is 3.85. The Balaban J connectivity index is 1.73. The number of aliphatic hydroxyl groups is 1. The number of furan rings is 1. The second-order valence-electron chi connectivity index (χ2n) is 6.74. The highest BCUT2D eigenvalue weighted by atomic mass is 32.1. The molecule has 0 spiro atoms. The molecule has 0 bridgehead atoms. The molecule has 0 aromatic carbocycles. The number of aromatic nitrogens is 1. The van der Waals surface area contributed by atoms with Crippen LogP contribution in [0.25, 0.3) is 11.5 Å². The predicted octanol–water partition coefficient (Wildman–Crippen LogP) is 2.24. The fraction of sp³-hybridized carbons (Fsp3) is 0.529. The van der Waals surface area contributed by atoms with Crippen molar-refractivity contribution in [2.75, 3.05) is 33.7 Å². The van der Waals surface area contributed by atoms with Gasteiger partial charge in [-0.05, 0) is 39.9 Å². The van der Waals surface area contributed by atoms with Gasteiger partial charge in [-0.25, -0.2) is 4.98 Å². The summed E-state index contributed by atoms with van der Waals surface area (Å²) in [4.78, 5) is 20.8. The van der Waals surface area contributed by atoms with Gasteiger partial charge in [-0.15, -0.1) is 11.3 Å². The lowest BCUT2D eigenvalue weighted by molar-refractivity contribution is -0.0391. The topological polar surface area (TPSA) is 69.8 Å². The Kier molecular flexibility index (Phi) is 4.76. The van der Waals surface area contributed by atoms with E-state index in [0.717, 1.165) is 17.1 Å². The largest absolute Gasteiger partial charge is 0.462 e. The number of carbonyl (C=O) groups excluding carboxylic acids is 1. The molecule has 7 heteroatoms. The first-order valence-corrected chi connectivity index (χ1v) is 8.92. The quantitative estimate of drug-likeness (QED) is 0.917. The number of hydrogen-bond donors (Lipinski definition) is 1. The van der Waals surface area contributed by atoms with Crippen molar-refractivity contribution in [3.8, 4) is 11.5 Å². The predicted molar refractivity (Wildman–Crippen MR) is 93.2 cm³/mol. The molecule has 2 aromatic heterocycles. The maximum absolute atomic E-state index is 12.7. The van der Waals surface area contributed by atoms with Crippen LogP contribution in [0, 0.1) is 6.92 Å². The number of likely N-dealkylation sites (N-methyl/N-ethyl adjacent to an activating group) is 1.